The Labute approximate surface area is 161 Å². The van der Waals surface area contributed by atoms with Crippen molar-refractivity contribution in [1.82, 2.24) is 10.3 Å². The van der Waals surface area contributed by atoms with Crippen molar-refractivity contribution in [3.63, 3.8) is 0 Å². The van der Waals surface area contributed by atoms with Crippen LogP contribution in [0.4, 0.5) is 0 Å². The van der Waals surface area contributed by atoms with Gasteiger partial charge < -0.3 is 9.05 Å². The second kappa shape index (κ2) is 6.86. The fourth-order valence-corrected chi connectivity index (χ4v) is 4.36. The summed E-state index contributed by atoms with van der Waals surface area (Å²) in [5, 5.41) is 8.26. The maximum Gasteiger partial charge on any atom is 0.168 e. The van der Waals surface area contributed by atoms with E-state index in [-0.39, 0.29) is 17.5 Å². The Hall–Kier alpha value is -3.02. The molecule has 6 nitrogen and oxygen atoms in total. The number of hydrogen-bond donors (Lipinski definition) is 0. The standard InChI is InChI=1S/C22H20N2O4/c25-17-7-4-8-19-21(17)15(23-27-19)9-10-16-22-18(26)11-14(12-20(22)28-24-16)13-5-2-1-3-6-13/h1-3,5-6,14H,4,7-12H2. The van der Waals surface area contributed by atoms with Crippen LogP contribution in [0.2, 0.25) is 0 Å². The minimum Gasteiger partial charge on any atom is -0.360 e. The van der Waals surface area contributed by atoms with Gasteiger partial charge in [0.15, 0.2) is 11.6 Å². The SMILES string of the molecule is O=C1CCCc2onc(CCc3noc4c3C(=O)CC(c3ccccc3)C4)c21. The Morgan fingerprint density at radius 3 is 2.25 bits per heavy atom. The molecule has 2 aliphatic carbocycles. The minimum atomic E-state index is 0.0737. The molecule has 142 valence electrons. The van der Waals surface area contributed by atoms with E-state index in [2.05, 4.69) is 10.3 Å². The monoisotopic (exact) mass is 376 g/mol. The van der Waals surface area contributed by atoms with Crippen molar-refractivity contribution in [2.75, 3.05) is 0 Å². The highest BCUT2D eigenvalue weighted by atomic mass is 16.5. The Morgan fingerprint density at radius 1 is 0.821 bits per heavy atom. The Kier molecular flexibility index (Phi) is 4.19. The molecular formula is C22H20N2O4. The lowest BCUT2D eigenvalue weighted by Crippen LogP contribution is -2.19. The summed E-state index contributed by atoms with van der Waals surface area (Å²) >= 11 is 0. The first-order valence-corrected chi connectivity index (χ1v) is 9.77. The molecule has 0 aliphatic heterocycles. The molecule has 0 saturated heterocycles. The molecule has 0 saturated carbocycles. The average Bonchev–Trinajstić information content (AvgIpc) is 3.32. The van der Waals surface area contributed by atoms with Gasteiger partial charge in [-0.15, -0.1) is 0 Å². The molecule has 0 amide bonds. The average molecular weight is 376 g/mol. The van der Waals surface area contributed by atoms with Crippen LogP contribution in [-0.4, -0.2) is 21.9 Å². The van der Waals surface area contributed by atoms with Crippen LogP contribution in [0.1, 0.15) is 74.4 Å². The van der Waals surface area contributed by atoms with E-state index in [0.717, 1.165) is 18.4 Å². The summed E-state index contributed by atoms with van der Waals surface area (Å²) in [6.07, 6.45) is 4.27. The Morgan fingerprint density at radius 2 is 1.50 bits per heavy atom. The van der Waals surface area contributed by atoms with E-state index >= 15 is 0 Å². The van der Waals surface area contributed by atoms with E-state index in [9.17, 15) is 9.59 Å². The van der Waals surface area contributed by atoms with Crippen LogP contribution < -0.4 is 0 Å². The van der Waals surface area contributed by atoms with Gasteiger partial charge in [0.2, 0.25) is 0 Å². The number of aromatic nitrogens is 2. The van der Waals surface area contributed by atoms with E-state index in [0.29, 0.717) is 66.1 Å². The van der Waals surface area contributed by atoms with E-state index in [1.807, 2.05) is 30.3 Å². The first-order chi connectivity index (χ1) is 13.7. The van der Waals surface area contributed by atoms with Gasteiger partial charge in [-0.2, -0.15) is 0 Å². The van der Waals surface area contributed by atoms with Crippen LogP contribution in [-0.2, 0) is 25.7 Å². The van der Waals surface area contributed by atoms with Gasteiger partial charge in [0.05, 0.1) is 22.5 Å². The smallest absolute Gasteiger partial charge is 0.168 e. The predicted octanol–water partition coefficient (Wildman–Crippen LogP) is 3.88. The molecule has 1 atom stereocenters. The molecule has 0 spiro atoms. The zero-order valence-electron chi connectivity index (χ0n) is 15.4. The number of aryl methyl sites for hydroxylation is 3. The lowest BCUT2D eigenvalue weighted by atomic mass is 9.81. The largest absolute Gasteiger partial charge is 0.360 e. The third-order valence-electron chi connectivity index (χ3n) is 5.77. The van der Waals surface area contributed by atoms with Crippen LogP contribution in [0.25, 0.3) is 0 Å². The van der Waals surface area contributed by atoms with E-state index < -0.39 is 0 Å². The second-order valence-electron chi connectivity index (χ2n) is 7.57. The third kappa shape index (κ3) is 2.89. The summed E-state index contributed by atoms with van der Waals surface area (Å²) in [5.74, 6) is 1.65. The maximum atomic E-state index is 12.8. The van der Waals surface area contributed by atoms with E-state index in [1.54, 1.807) is 0 Å². The second-order valence-corrected chi connectivity index (χ2v) is 7.57. The van der Waals surface area contributed by atoms with E-state index in [1.165, 1.54) is 0 Å². The minimum absolute atomic E-state index is 0.0737. The van der Waals surface area contributed by atoms with Gasteiger partial charge in [-0.1, -0.05) is 40.6 Å². The van der Waals surface area contributed by atoms with Crippen LogP contribution in [0.3, 0.4) is 0 Å². The number of benzene rings is 1. The number of carbonyl (C=O) groups is 2. The fourth-order valence-electron chi connectivity index (χ4n) is 4.36. The van der Waals surface area contributed by atoms with E-state index in [4.69, 9.17) is 9.05 Å². The van der Waals surface area contributed by atoms with Gasteiger partial charge >= 0.3 is 0 Å². The number of Topliss-reactive ketones (excluding diaryl/α,β-unsaturated/α-hetero) is 2. The predicted molar refractivity (Wildman–Crippen MR) is 99.5 cm³/mol. The molecule has 5 rings (SSSR count). The topological polar surface area (TPSA) is 86.2 Å². The summed E-state index contributed by atoms with van der Waals surface area (Å²) in [4.78, 5) is 25.0. The van der Waals surface area contributed by atoms with Gasteiger partial charge in [0.25, 0.3) is 0 Å². The van der Waals surface area contributed by atoms with Gasteiger partial charge in [0, 0.05) is 25.7 Å². The molecule has 0 bridgehead atoms. The molecule has 0 radical (unpaired) electrons. The summed E-state index contributed by atoms with van der Waals surface area (Å²) < 4.78 is 10.9. The van der Waals surface area contributed by atoms with Crippen molar-refractivity contribution < 1.29 is 18.6 Å². The number of hydrogen-bond acceptors (Lipinski definition) is 6. The lowest BCUT2D eigenvalue weighted by Gasteiger charge is -2.20. The van der Waals surface area contributed by atoms with Crippen LogP contribution in [0.5, 0.6) is 0 Å². The van der Waals surface area contributed by atoms with Crippen LogP contribution in [0.15, 0.2) is 39.4 Å². The van der Waals surface area contributed by atoms with Gasteiger partial charge in [-0.05, 0) is 30.7 Å². The molecule has 2 aromatic heterocycles. The molecule has 1 unspecified atom stereocenters. The molecule has 2 aliphatic rings. The highest BCUT2D eigenvalue weighted by Gasteiger charge is 2.33. The summed E-state index contributed by atoms with van der Waals surface area (Å²) in [6, 6.07) is 10.0. The number of ketones is 2. The van der Waals surface area contributed by atoms with Crippen molar-refractivity contribution in [1.29, 1.82) is 0 Å². The van der Waals surface area contributed by atoms with Crippen molar-refractivity contribution in [2.24, 2.45) is 0 Å². The maximum absolute atomic E-state index is 12.8. The molecular weight excluding hydrogens is 356 g/mol. The Bertz CT molecular complexity index is 1050. The molecule has 6 heteroatoms. The molecule has 1 aromatic carbocycles. The highest BCUT2D eigenvalue weighted by molar-refractivity contribution is 6.00. The van der Waals surface area contributed by atoms with Crippen molar-refractivity contribution in [3.8, 4) is 0 Å². The summed E-state index contributed by atoms with van der Waals surface area (Å²) in [5.41, 5.74) is 3.73. The number of rotatable bonds is 4. The van der Waals surface area contributed by atoms with Crippen molar-refractivity contribution in [3.05, 3.63) is 69.9 Å². The van der Waals surface area contributed by atoms with Gasteiger partial charge in [-0.25, -0.2) is 0 Å². The fraction of sp³-hybridized carbons (Fsp3) is 0.364. The zero-order valence-corrected chi connectivity index (χ0v) is 15.4. The normalized spacial score (nSPS) is 18.8. The molecule has 0 N–H and O–H groups in total. The van der Waals surface area contributed by atoms with Crippen molar-refractivity contribution in [2.45, 2.75) is 50.9 Å². The van der Waals surface area contributed by atoms with Gasteiger partial charge in [-0.3, -0.25) is 9.59 Å². The summed E-state index contributed by atoms with van der Waals surface area (Å²) in [6.45, 7) is 0. The number of nitrogens with zero attached hydrogens (tertiary/aromatic N) is 2. The van der Waals surface area contributed by atoms with Crippen LogP contribution >= 0.6 is 0 Å². The molecule has 28 heavy (non-hydrogen) atoms. The number of carbonyl (C=O) groups excluding carboxylic acids is 2. The zero-order chi connectivity index (χ0) is 19.1. The summed E-state index contributed by atoms with van der Waals surface area (Å²) in [7, 11) is 0. The Balaban J connectivity index is 1.36. The first kappa shape index (κ1) is 17.1. The van der Waals surface area contributed by atoms with Gasteiger partial charge in [0.1, 0.15) is 11.5 Å². The van der Waals surface area contributed by atoms with Crippen molar-refractivity contribution >= 4 is 11.6 Å². The van der Waals surface area contributed by atoms with Crippen LogP contribution in [0, 0.1) is 0 Å². The third-order valence-corrected chi connectivity index (χ3v) is 5.77. The molecule has 0 fully saturated rings. The quantitative estimate of drug-likeness (QED) is 0.687. The lowest BCUT2D eigenvalue weighted by molar-refractivity contribution is 0.0953. The highest BCUT2D eigenvalue weighted by Crippen LogP contribution is 2.34. The molecule has 2 heterocycles. The molecule has 3 aromatic rings. The number of fused-ring (bicyclic) bond motifs is 2. The first-order valence-electron chi connectivity index (χ1n) is 9.77.